The maximum atomic E-state index is 12.7. The lowest BCUT2D eigenvalue weighted by molar-refractivity contribution is -0.161. The van der Waals surface area contributed by atoms with Crippen LogP contribution in [0.2, 0.25) is 0 Å². The molecule has 0 aliphatic rings. The molecule has 0 aromatic rings. The van der Waals surface area contributed by atoms with Crippen molar-refractivity contribution >= 4 is 25.7 Å². The van der Waals surface area contributed by atoms with E-state index in [9.17, 15) is 34.1 Å². The Morgan fingerprint density at radius 3 is 1.55 bits per heavy atom. The van der Waals surface area contributed by atoms with Crippen LogP contribution in [0.15, 0.2) is 36.5 Å². The first-order valence-electron chi connectivity index (χ1n) is 24.2. The van der Waals surface area contributed by atoms with Crippen molar-refractivity contribution in [1.82, 2.24) is 0 Å². The van der Waals surface area contributed by atoms with Crippen LogP contribution in [0.1, 0.15) is 206 Å². The van der Waals surface area contributed by atoms with Gasteiger partial charge in [0.15, 0.2) is 6.10 Å². The molecule has 62 heavy (non-hydrogen) atoms. The average molecular weight is 902 g/mol. The number of phosphoric acid groups is 1. The number of aliphatic hydroxyl groups excluding tert-OH is 2. The molecular weight excluding hydrogens is 813 g/mol. The van der Waals surface area contributed by atoms with Crippen molar-refractivity contribution in [2.24, 2.45) is 5.73 Å². The van der Waals surface area contributed by atoms with E-state index in [1.54, 1.807) is 6.08 Å². The number of ether oxygens (including phenoxy) is 2. The molecule has 3 unspecified atom stereocenters. The Morgan fingerprint density at radius 2 is 1.02 bits per heavy atom. The number of carboxylic acid groups (broad SMARTS) is 1. The predicted molar refractivity (Wildman–Crippen MR) is 247 cm³/mol. The molecule has 0 spiro atoms. The molecule has 0 radical (unpaired) electrons. The fourth-order valence-corrected chi connectivity index (χ4v) is 7.42. The largest absolute Gasteiger partial charge is 0.480 e. The lowest BCUT2D eigenvalue weighted by Gasteiger charge is -2.20. The summed E-state index contributed by atoms with van der Waals surface area (Å²) >= 11 is 0. The number of aliphatic hydroxyl groups is 2. The van der Waals surface area contributed by atoms with Crippen LogP contribution in [-0.2, 0) is 37.5 Å². The van der Waals surface area contributed by atoms with E-state index >= 15 is 0 Å². The summed E-state index contributed by atoms with van der Waals surface area (Å²) in [6.07, 6.45) is 39.5. The molecule has 0 aromatic heterocycles. The van der Waals surface area contributed by atoms with Gasteiger partial charge in [-0.2, -0.15) is 0 Å². The fraction of sp³-hybridized carbons (Fsp3) is 0.812. The van der Waals surface area contributed by atoms with Gasteiger partial charge in [-0.3, -0.25) is 23.4 Å². The molecule has 0 fully saturated rings. The van der Waals surface area contributed by atoms with Gasteiger partial charge in [0.05, 0.1) is 25.4 Å². The molecule has 0 bridgehead atoms. The quantitative estimate of drug-likeness (QED) is 0.0167. The minimum Gasteiger partial charge on any atom is -0.480 e. The van der Waals surface area contributed by atoms with Crippen molar-refractivity contribution in [2.45, 2.75) is 231 Å². The van der Waals surface area contributed by atoms with Gasteiger partial charge < -0.3 is 35.4 Å². The highest BCUT2D eigenvalue weighted by atomic mass is 31.2. The number of hydrogen-bond donors (Lipinski definition) is 5. The van der Waals surface area contributed by atoms with Crippen LogP contribution in [0, 0.1) is 0 Å². The van der Waals surface area contributed by atoms with Crippen LogP contribution in [-0.4, -0.2) is 82.3 Å². The average Bonchev–Trinajstić information content (AvgIpc) is 3.24. The summed E-state index contributed by atoms with van der Waals surface area (Å²) in [5.41, 5.74) is 5.33. The predicted octanol–water partition coefficient (Wildman–Crippen LogP) is 11.1. The topological polar surface area (TPSA) is 212 Å². The number of nitrogens with two attached hydrogens (primary N) is 1. The second kappa shape index (κ2) is 42.6. The second-order valence-electron chi connectivity index (χ2n) is 16.6. The summed E-state index contributed by atoms with van der Waals surface area (Å²) in [6.45, 7) is 2.51. The zero-order chi connectivity index (χ0) is 45.9. The number of carboxylic acids is 1. The molecule has 0 saturated carbocycles. The number of carbonyl (C=O) groups excluding carboxylic acids is 2. The summed E-state index contributed by atoms with van der Waals surface area (Å²) in [6, 6.07) is -1.57. The van der Waals surface area contributed by atoms with E-state index in [0.717, 1.165) is 32.1 Å². The minimum atomic E-state index is -4.80. The molecule has 0 amide bonds. The maximum Gasteiger partial charge on any atom is 0.472 e. The Morgan fingerprint density at radius 1 is 0.565 bits per heavy atom. The zero-order valence-electron chi connectivity index (χ0n) is 38.7. The number of esters is 2. The van der Waals surface area contributed by atoms with E-state index in [-0.39, 0.29) is 32.1 Å². The van der Waals surface area contributed by atoms with Crippen molar-refractivity contribution in [3.05, 3.63) is 36.5 Å². The summed E-state index contributed by atoms with van der Waals surface area (Å²) in [5.74, 6) is -2.69. The standard InChI is InChI=1S/C48H88NO12P/c1-3-5-7-9-11-13-15-17-18-19-20-21-22-23-25-27-29-31-33-37-46(52)58-39-42(40-59-62(56,57)60-41-43(49)48(54)55)61-47(53)38-34-36-45(51)44(50)35-32-30-28-26-24-16-14-12-10-8-6-4-2/h12,14,24,26,30,32,42-45,50-51H,3-11,13,15-23,25,27-29,31,33-41,49H2,1-2H3,(H,54,55)(H,56,57)/b14-12-,26-24-,32-30-/t42-,43+,44?,45?/m1/s1. The van der Waals surface area contributed by atoms with Crippen molar-refractivity contribution in [1.29, 1.82) is 0 Å². The van der Waals surface area contributed by atoms with E-state index in [1.807, 2.05) is 12.2 Å². The van der Waals surface area contributed by atoms with Gasteiger partial charge in [-0.1, -0.05) is 179 Å². The highest BCUT2D eigenvalue weighted by Crippen LogP contribution is 2.43. The highest BCUT2D eigenvalue weighted by molar-refractivity contribution is 7.47. The van der Waals surface area contributed by atoms with Crippen molar-refractivity contribution < 1.29 is 57.7 Å². The van der Waals surface area contributed by atoms with Gasteiger partial charge in [0, 0.05) is 12.8 Å². The molecule has 5 atom stereocenters. The first-order valence-corrected chi connectivity index (χ1v) is 25.7. The number of allylic oxidation sites excluding steroid dienone is 5. The van der Waals surface area contributed by atoms with Crippen molar-refractivity contribution in [3.63, 3.8) is 0 Å². The normalized spacial score (nSPS) is 14.9. The summed E-state index contributed by atoms with van der Waals surface area (Å²) in [7, 11) is -4.80. The van der Waals surface area contributed by atoms with Crippen LogP contribution < -0.4 is 5.73 Å². The lowest BCUT2D eigenvalue weighted by Crippen LogP contribution is -2.34. The SMILES string of the molecule is CCCCC/C=C\C/C=C\C/C=C\CC(O)C(O)CCCC(=O)O[C@H](COC(=O)CCCCCCCCCCCCCCCCCCCCC)COP(=O)(O)OC[C@H](N)C(=O)O. The van der Waals surface area contributed by atoms with E-state index in [1.165, 1.54) is 116 Å². The van der Waals surface area contributed by atoms with E-state index in [0.29, 0.717) is 12.8 Å². The Hall–Kier alpha value is -2.38. The van der Waals surface area contributed by atoms with Crippen LogP contribution in [0.25, 0.3) is 0 Å². The molecule has 13 nitrogen and oxygen atoms in total. The van der Waals surface area contributed by atoms with Crippen molar-refractivity contribution in [2.75, 3.05) is 19.8 Å². The number of carbonyl (C=O) groups is 3. The van der Waals surface area contributed by atoms with E-state index in [2.05, 4.69) is 36.6 Å². The van der Waals surface area contributed by atoms with Crippen LogP contribution >= 0.6 is 7.82 Å². The molecule has 0 aliphatic heterocycles. The molecule has 0 aliphatic carbocycles. The fourth-order valence-electron chi connectivity index (χ4n) is 6.64. The maximum absolute atomic E-state index is 12.7. The van der Waals surface area contributed by atoms with Gasteiger partial charge in [0.2, 0.25) is 0 Å². The third kappa shape index (κ3) is 40.4. The third-order valence-corrected chi connectivity index (χ3v) is 11.5. The molecular formula is C48H88NO12P. The summed E-state index contributed by atoms with van der Waals surface area (Å²) < 4.78 is 32.6. The number of rotatable bonds is 45. The monoisotopic (exact) mass is 902 g/mol. The zero-order valence-corrected chi connectivity index (χ0v) is 39.6. The molecule has 0 rings (SSSR count). The minimum absolute atomic E-state index is 0.119. The van der Waals surface area contributed by atoms with E-state index in [4.69, 9.17) is 24.8 Å². The van der Waals surface area contributed by atoms with Crippen LogP contribution in [0.5, 0.6) is 0 Å². The summed E-state index contributed by atoms with van der Waals surface area (Å²) in [4.78, 5) is 46.1. The Labute approximate surface area is 375 Å². The number of phosphoric ester groups is 1. The molecule has 0 saturated heterocycles. The van der Waals surface area contributed by atoms with Gasteiger partial charge in [-0.25, -0.2) is 4.57 Å². The molecule has 362 valence electrons. The second-order valence-corrected chi connectivity index (χ2v) is 18.0. The molecule has 6 N–H and O–H groups in total. The van der Waals surface area contributed by atoms with Gasteiger partial charge in [-0.15, -0.1) is 0 Å². The number of hydrogen-bond acceptors (Lipinski definition) is 11. The molecule has 0 heterocycles. The number of aliphatic carboxylic acids is 1. The van der Waals surface area contributed by atoms with E-state index < -0.39 is 69.9 Å². The van der Waals surface area contributed by atoms with Crippen molar-refractivity contribution in [3.8, 4) is 0 Å². The summed E-state index contributed by atoms with van der Waals surface area (Å²) in [5, 5.41) is 29.7. The molecule has 14 heteroatoms. The van der Waals surface area contributed by atoms with Gasteiger partial charge in [-0.05, 0) is 51.4 Å². The number of unbranched alkanes of at least 4 members (excludes halogenated alkanes) is 21. The lowest BCUT2D eigenvalue weighted by atomic mass is 10.0. The van der Waals surface area contributed by atoms with Gasteiger partial charge in [0.25, 0.3) is 0 Å². The van der Waals surface area contributed by atoms with Crippen LogP contribution in [0.3, 0.4) is 0 Å². The Kier molecular flexibility index (Phi) is 40.9. The van der Waals surface area contributed by atoms with Crippen LogP contribution in [0.4, 0.5) is 0 Å². The highest BCUT2D eigenvalue weighted by Gasteiger charge is 2.28. The molecule has 0 aromatic carbocycles. The first kappa shape index (κ1) is 59.6. The Bertz CT molecular complexity index is 1230. The van der Waals surface area contributed by atoms with Gasteiger partial charge >= 0.3 is 25.7 Å². The smallest absolute Gasteiger partial charge is 0.472 e. The van der Waals surface area contributed by atoms with Gasteiger partial charge in [0.1, 0.15) is 12.6 Å². The first-order chi connectivity index (χ1) is 29.9. The Balaban J connectivity index is 4.49. The third-order valence-electron chi connectivity index (χ3n) is 10.6.